The number of hydrogen-bond acceptors (Lipinski definition) is 16. The maximum absolute atomic E-state index is 8.92. The normalized spacial score (nSPS) is 15.2. The minimum absolute atomic E-state index is 0.0120. The van der Waals surface area contributed by atoms with E-state index < -0.39 is 0 Å². The lowest BCUT2D eigenvalue weighted by molar-refractivity contribution is -0.101. The summed E-state index contributed by atoms with van der Waals surface area (Å²) in [5, 5.41) is 25.9. The standard InChI is InChI=1S/C19H40O7.C16H34O9/c1-14(8-20)22-10-16(3)24-12-18(5)26-13-19(6)25-11-17(4)23-9-15(2)21-7;17-1-3-19-5-7-21-9-11-23-13-15-25-16-14-24-12-10-22-8-6-20-4-2-18/h14-20H,8-13H2,1-7H3;17-18H,1-16H2. The van der Waals surface area contributed by atoms with Gasteiger partial charge in [-0.3, -0.25) is 0 Å². The molecule has 6 atom stereocenters. The van der Waals surface area contributed by atoms with E-state index in [2.05, 4.69) is 0 Å². The number of methoxy groups -OCH3 is 1. The highest BCUT2D eigenvalue weighted by Crippen LogP contribution is 2.04. The molecule has 51 heavy (non-hydrogen) atoms. The molecule has 6 unspecified atom stereocenters. The number of aliphatic hydroxyl groups excluding tert-OH is 3. The molecule has 0 aromatic carbocycles. The Kier molecular flexibility index (Phi) is 43.3. The van der Waals surface area contributed by atoms with Crippen LogP contribution in [-0.4, -0.2) is 204 Å². The van der Waals surface area contributed by atoms with Crippen molar-refractivity contribution in [2.24, 2.45) is 0 Å². The van der Waals surface area contributed by atoms with Gasteiger partial charge in [0.05, 0.1) is 182 Å². The summed E-state index contributed by atoms with van der Waals surface area (Å²) in [6.07, 6.45) is -0.172. The van der Waals surface area contributed by atoms with Crippen LogP contribution >= 0.6 is 0 Å². The maximum atomic E-state index is 8.92. The molecule has 0 aliphatic heterocycles. The van der Waals surface area contributed by atoms with Crippen LogP contribution in [-0.2, 0) is 61.6 Å². The van der Waals surface area contributed by atoms with Gasteiger partial charge in [-0.1, -0.05) is 0 Å². The van der Waals surface area contributed by atoms with E-state index in [1.807, 2.05) is 41.5 Å². The molecule has 0 rings (SSSR count). The second kappa shape index (κ2) is 42.1. The smallest absolute Gasteiger partial charge is 0.0781 e. The topological polar surface area (TPSA) is 181 Å². The first kappa shape index (κ1) is 52.5. The lowest BCUT2D eigenvalue weighted by atomic mass is 10.3. The summed E-state index contributed by atoms with van der Waals surface area (Å²) in [4.78, 5) is 0. The second-order valence-electron chi connectivity index (χ2n) is 11.7. The van der Waals surface area contributed by atoms with Crippen LogP contribution in [0.15, 0.2) is 0 Å². The van der Waals surface area contributed by atoms with Crippen molar-refractivity contribution >= 4 is 0 Å². The molecule has 0 aromatic heterocycles. The van der Waals surface area contributed by atoms with Crippen LogP contribution in [0.5, 0.6) is 0 Å². The van der Waals surface area contributed by atoms with E-state index in [0.717, 1.165) is 0 Å². The van der Waals surface area contributed by atoms with Crippen molar-refractivity contribution in [3.63, 3.8) is 0 Å². The van der Waals surface area contributed by atoms with Crippen LogP contribution in [0.25, 0.3) is 0 Å². The van der Waals surface area contributed by atoms with E-state index in [1.165, 1.54) is 0 Å². The van der Waals surface area contributed by atoms with Crippen LogP contribution in [0.2, 0.25) is 0 Å². The molecule has 0 aromatic rings. The average Bonchev–Trinajstić information content (AvgIpc) is 3.14. The van der Waals surface area contributed by atoms with E-state index in [1.54, 1.807) is 7.11 Å². The summed E-state index contributed by atoms with van der Waals surface area (Å²) < 4.78 is 70.1. The van der Waals surface area contributed by atoms with Crippen molar-refractivity contribution in [3.05, 3.63) is 0 Å². The molecule has 0 bridgehead atoms. The first-order chi connectivity index (χ1) is 24.7. The zero-order valence-corrected chi connectivity index (χ0v) is 32.7. The highest BCUT2D eigenvalue weighted by Gasteiger charge is 2.13. The van der Waals surface area contributed by atoms with Crippen LogP contribution in [0.1, 0.15) is 41.5 Å². The summed E-state index contributed by atoms with van der Waals surface area (Å²) in [6, 6.07) is 0. The Morgan fingerprint density at radius 1 is 0.314 bits per heavy atom. The predicted octanol–water partition coefficient (Wildman–Crippen LogP) is 1.13. The number of ether oxygens (including phenoxy) is 13. The SMILES string of the molecule is COC(C)COC(C)COC(C)COC(C)COC(C)COC(C)CO.OCCOCCOCCOCCOCCOCCOCCOCCO. The fourth-order valence-corrected chi connectivity index (χ4v) is 3.36. The van der Waals surface area contributed by atoms with Gasteiger partial charge in [0.25, 0.3) is 0 Å². The monoisotopic (exact) mass is 750 g/mol. The Morgan fingerprint density at radius 3 is 0.745 bits per heavy atom. The van der Waals surface area contributed by atoms with Crippen molar-refractivity contribution in [1.29, 1.82) is 0 Å². The van der Waals surface area contributed by atoms with Crippen molar-refractivity contribution in [1.82, 2.24) is 0 Å². The third-order valence-corrected chi connectivity index (χ3v) is 6.44. The lowest BCUT2D eigenvalue weighted by Crippen LogP contribution is -2.29. The highest BCUT2D eigenvalue weighted by atomic mass is 16.6. The molecule has 0 aliphatic rings. The van der Waals surface area contributed by atoms with Crippen molar-refractivity contribution in [2.45, 2.75) is 78.2 Å². The minimum atomic E-state index is -0.170. The molecule has 0 saturated heterocycles. The minimum Gasteiger partial charge on any atom is -0.394 e. The van der Waals surface area contributed by atoms with Crippen LogP contribution in [0.3, 0.4) is 0 Å². The van der Waals surface area contributed by atoms with Gasteiger partial charge in [-0.05, 0) is 41.5 Å². The number of aliphatic hydroxyl groups is 3. The third kappa shape index (κ3) is 43.7. The van der Waals surface area contributed by atoms with Crippen LogP contribution < -0.4 is 0 Å². The molecule has 3 N–H and O–H groups in total. The van der Waals surface area contributed by atoms with Crippen LogP contribution in [0, 0.1) is 0 Å². The van der Waals surface area contributed by atoms with Gasteiger partial charge in [-0.2, -0.15) is 0 Å². The van der Waals surface area contributed by atoms with E-state index in [0.29, 0.717) is 126 Å². The van der Waals surface area contributed by atoms with E-state index in [-0.39, 0.29) is 56.4 Å². The zero-order valence-electron chi connectivity index (χ0n) is 32.7. The Bertz CT molecular complexity index is 601. The molecule has 0 fully saturated rings. The molecule has 0 heterocycles. The quantitative estimate of drug-likeness (QED) is 0.0761. The molecule has 0 saturated carbocycles. The lowest BCUT2D eigenvalue weighted by Gasteiger charge is -2.22. The van der Waals surface area contributed by atoms with Gasteiger partial charge in [-0.25, -0.2) is 0 Å². The van der Waals surface area contributed by atoms with Gasteiger partial charge in [0.2, 0.25) is 0 Å². The summed E-state index contributed by atoms with van der Waals surface area (Å²) in [6.45, 7) is 21.0. The summed E-state index contributed by atoms with van der Waals surface area (Å²) in [5.41, 5.74) is 0. The molecule has 0 aliphatic carbocycles. The molecule has 0 radical (unpaired) electrons. The maximum Gasteiger partial charge on any atom is 0.0781 e. The van der Waals surface area contributed by atoms with Crippen molar-refractivity contribution in [2.75, 3.05) is 152 Å². The number of rotatable bonds is 39. The predicted molar refractivity (Wildman–Crippen MR) is 191 cm³/mol. The Balaban J connectivity index is 0. The van der Waals surface area contributed by atoms with Crippen molar-refractivity contribution < 1.29 is 76.9 Å². The summed E-state index contributed by atoms with van der Waals surface area (Å²) >= 11 is 0. The molecule has 16 heteroatoms. The molecule has 16 nitrogen and oxygen atoms in total. The molecular formula is C35H74O16. The molecule has 0 amide bonds. The van der Waals surface area contributed by atoms with Gasteiger partial charge in [0.15, 0.2) is 0 Å². The largest absolute Gasteiger partial charge is 0.394 e. The van der Waals surface area contributed by atoms with E-state index in [9.17, 15) is 0 Å². The molecular weight excluding hydrogens is 676 g/mol. The summed E-state index contributed by atoms with van der Waals surface area (Å²) in [7, 11) is 1.67. The number of hydrogen-bond donors (Lipinski definition) is 3. The third-order valence-electron chi connectivity index (χ3n) is 6.44. The second-order valence-corrected chi connectivity index (χ2v) is 11.7. The van der Waals surface area contributed by atoms with Crippen LogP contribution in [0.4, 0.5) is 0 Å². The van der Waals surface area contributed by atoms with Gasteiger partial charge in [0.1, 0.15) is 0 Å². The van der Waals surface area contributed by atoms with Crippen molar-refractivity contribution in [3.8, 4) is 0 Å². The Hall–Kier alpha value is -0.640. The van der Waals surface area contributed by atoms with Gasteiger partial charge >= 0.3 is 0 Å². The first-order valence-electron chi connectivity index (χ1n) is 18.2. The first-order valence-corrected chi connectivity index (χ1v) is 18.2. The molecule has 310 valence electrons. The van der Waals surface area contributed by atoms with E-state index in [4.69, 9.17) is 76.9 Å². The van der Waals surface area contributed by atoms with Gasteiger partial charge in [-0.15, -0.1) is 0 Å². The fourth-order valence-electron chi connectivity index (χ4n) is 3.36. The average molecular weight is 751 g/mol. The van der Waals surface area contributed by atoms with E-state index >= 15 is 0 Å². The highest BCUT2D eigenvalue weighted by molar-refractivity contribution is 4.58. The fraction of sp³-hybridized carbons (Fsp3) is 1.00. The summed E-state index contributed by atoms with van der Waals surface area (Å²) in [5.74, 6) is 0. The Labute approximate surface area is 307 Å². The Morgan fingerprint density at radius 2 is 0.529 bits per heavy atom. The zero-order chi connectivity index (χ0) is 38.2. The molecule has 0 spiro atoms. The van der Waals surface area contributed by atoms with Gasteiger partial charge < -0.3 is 76.9 Å². The van der Waals surface area contributed by atoms with Gasteiger partial charge in [0, 0.05) is 7.11 Å².